The Morgan fingerprint density at radius 2 is 1.96 bits per heavy atom. The van der Waals surface area contributed by atoms with E-state index in [9.17, 15) is 0 Å². The van der Waals surface area contributed by atoms with Crippen LogP contribution >= 0.6 is 0 Å². The van der Waals surface area contributed by atoms with Crippen LogP contribution < -0.4 is 20.9 Å². The zero-order chi connectivity index (χ0) is 18.1. The van der Waals surface area contributed by atoms with Gasteiger partial charge in [0.25, 0.3) is 0 Å². The summed E-state index contributed by atoms with van der Waals surface area (Å²) in [5.41, 5.74) is 13.5. The van der Waals surface area contributed by atoms with Crippen molar-refractivity contribution < 1.29 is 9.47 Å². The summed E-state index contributed by atoms with van der Waals surface area (Å²) in [6.45, 7) is 6.36. The summed E-state index contributed by atoms with van der Waals surface area (Å²) >= 11 is 0. The van der Waals surface area contributed by atoms with Crippen LogP contribution in [-0.4, -0.2) is 48.8 Å². The molecule has 2 atom stereocenters. The van der Waals surface area contributed by atoms with Gasteiger partial charge < -0.3 is 20.9 Å². The first kappa shape index (κ1) is 17.1. The fourth-order valence-electron chi connectivity index (χ4n) is 3.82. The average Bonchev–Trinajstić information content (AvgIpc) is 3.04. The second-order valence-corrected chi connectivity index (χ2v) is 7.05. The summed E-state index contributed by atoms with van der Waals surface area (Å²) < 4.78 is 11.7. The number of anilines is 1. The lowest BCUT2D eigenvalue weighted by Gasteiger charge is -2.19. The molecule has 6 heteroatoms. The standard InChI is InChI=1S/C20H26N4O2/c1-2-25-18-10-13(6-7-14(18)17-4-3-5-19(21)23-17)26-9-8-24-11-15-16(12-24)20(15)22/h3-7,10,15-16,20H,2,8-9,11-12,22H2,1H3,(H2,21,23). The highest BCUT2D eigenvalue weighted by atomic mass is 16.5. The van der Waals surface area contributed by atoms with E-state index in [2.05, 4.69) is 9.88 Å². The quantitative estimate of drug-likeness (QED) is 0.791. The van der Waals surface area contributed by atoms with Crippen LogP contribution in [0.5, 0.6) is 11.5 Å². The van der Waals surface area contributed by atoms with E-state index < -0.39 is 0 Å². The Bertz CT molecular complexity index is 770. The largest absolute Gasteiger partial charge is 0.493 e. The van der Waals surface area contributed by atoms with E-state index in [0.29, 0.717) is 36.9 Å². The summed E-state index contributed by atoms with van der Waals surface area (Å²) in [5, 5.41) is 0. The minimum absolute atomic E-state index is 0.439. The molecule has 2 heterocycles. The highest BCUT2D eigenvalue weighted by Crippen LogP contribution is 2.43. The molecule has 2 unspecified atom stereocenters. The predicted octanol–water partition coefficient (Wildman–Crippen LogP) is 2.00. The van der Waals surface area contributed by atoms with Gasteiger partial charge in [0.2, 0.25) is 0 Å². The molecule has 1 aliphatic heterocycles. The normalized spacial score (nSPS) is 24.3. The number of fused-ring (bicyclic) bond motifs is 1. The molecule has 4 rings (SSSR count). The lowest BCUT2D eigenvalue weighted by atomic mass is 10.1. The van der Waals surface area contributed by atoms with Gasteiger partial charge in [0.15, 0.2) is 0 Å². The molecular weight excluding hydrogens is 328 g/mol. The molecule has 26 heavy (non-hydrogen) atoms. The molecule has 4 N–H and O–H groups in total. The van der Waals surface area contributed by atoms with Gasteiger partial charge >= 0.3 is 0 Å². The number of ether oxygens (including phenoxy) is 2. The maximum Gasteiger partial charge on any atom is 0.132 e. The van der Waals surface area contributed by atoms with E-state index >= 15 is 0 Å². The van der Waals surface area contributed by atoms with E-state index in [4.69, 9.17) is 20.9 Å². The van der Waals surface area contributed by atoms with E-state index in [1.165, 1.54) is 0 Å². The Labute approximate surface area is 154 Å². The van der Waals surface area contributed by atoms with Crippen molar-refractivity contribution in [3.8, 4) is 22.8 Å². The molecule has 2 fully saturated rings. The van der Waals surface area contributed by atoms with Crippen molar-refractivity contribution >= 4 is 5.82 Å². The second kappa shape index (κ2) is 7.13. The summed E-state index contributed by atoms with van der Waals surface area (Å²) in [7, 11) is 0. The Morgan fingerprint density at radius 1 is 1.15 bits per heavy atom. The van der Waals surface area contributed by atoms with Crippen molar-refractivity contribution in [2.24, 2.45) is 17.6 Å². The number of hydrogen-bond donors (Lipinski definition) is 2. The number of rotatable bonds is 7. The third-order valence-electron chi connectivity index (χ3n) is 5.31. The highest BCUT2D eigenvalue weighted by Gasteiger charge is 2.53. The Hall–Kier alpha value is -2.31. The zero-order valence-corrected chi connectivity index (χ0v) is 15.1. The fraction of sp³-hybridized carbons (Fsp3) is 0.450. The van der Waals surface area contributed by atoms with Crippen LogP contribution in [0.15, 0.2) is 36.4 Å². The Kier molecular flexibility index (Phi) is 4.70. The number of aromatic nitrogens is 1. The van der Waals surface area contributed by atoms with Gasteiger partial charge in [-0.1, -0.05) is 6.07 Å². The minimum Gasteiger partial charge on any atom is -0.493 e. The van der Waals surface area contributed by atoms with Gasteiger partial charge in [0, 0.05) is 37.3 Å². The molecule has 0 spiro atoms. The molecule has 6 nitrogen and oxygen atoms in total. The van der Waals surface area contributed by atoms with Crippen LogP contribution in [0.2, 0.25) is 0 Å². The Morgan fingerprint density at radius 3 is 2.69 bits per heavy atom. The number of likely N-dealkylation sites (tertiary alicyclic amines) is 1. The van der Waals surface area contributed by atoms with Crippen LogP contribution in [0.3, 0.4) is 0 Å². The Balaban J connectivity index is 1.40. The van der Waals surface area contributed by atoms with Crippen LogP contribution in [0.4, 0.5) is 5.82 Å². The molecule has 1 aromatic heterocycles. The number of benzene rings is 1. The molecule has 1 saturated heterocycles. The smallest absolute Gasteiger partial charge is 0.132 e. The summed E-state index contributed by atoms with van der Waals surface area (Å²) in [6, 6.07) is 11.9. The monoisotopic (exact) mass is 354 g/mol. The number of hydrogen-bond acceptors (Lipinski definition) is 6. The van der Waals surface area contributed by atoms with Gasteiger partial charge in [-0.3, -0.25) is 4.90 Å². The number of nitrogens with two attached hydrogens (primary N) is 2. The first-order valence-corrected chi connectivity index (χ1v) is 9.26. The maximum absolute atomic E-state index is 5.99. The molecule has 2 aliphatic rings. The topological polar surface area (TPSA) is 86.6 Å². The molecule has 138 valence electrons. The zero-order valence-electron chi connectivity index (χ0n) is 15.1. The molecule has 0 bridgehead atoms. The summed E-state index contributed by atoms with van der Waals surface area (Å²) in [6.07, 6.45) is 0. The average molecular weight is 354 g/mol. The summed E-state index contributed by atoms with van der Waals surface area (Å²) in [4.78, 5) is 6.83. The lowest BCUT2D eigenvalue weighted by molar-refractivity contribution is 0.220. The molecular formula is C20H26N4O2. The van der Waals surface area contributed by atoms with Crippen molar-refractivity contribution in [3.05, 3.63) is 36.4 Å². The molecule has 1 aliphatic carbocycles. The van der Waals surface area contributed by atoms with E-state index in [-0.39, 0.29) is 0 Å². The van der Waals surface area contributed by atoms with Gasteiger partial charge in [0.1, 0.15) is 23.9 Å². The highest BCUT2D eigenvalue weighted by molar-refractivity contribution is 5.69. The number of pyridine rings is 1. The van der Waals surface area contributed by atoms with Crippen molar-refractivity contribution in [2.75, 3.05) is 38.6 Å². The van der Waals surface area contributed by atoms with Crippen molar-refractivity contribution in [1.29, 1.82) is 0 Å². The van der Waals surface area contributed by atoms with E-state index in [0.717, 1.165) is 42.4 Å². The minimum atomic E-state index is 0.439. The summed E-state index contributed by atoms with van der Waals surface area (Å²) in [5.74, 6) is 3.49. The van der Waals surface area contributed by atoms with Crippen LogP contribution in [0.25, 0.3) is 11.3 Å². The van der Waals surface area contributed by atoms with Crippen molar-refractivity contribution in [2.45, 2.75) is 13.0 Å². The molecule has 0 radical (unpaired) electrons. The van der Waals surface area contributed by atoms with Gasteiger partial charge in [-0.15, -0.1) is 0 Å². The van der Waals surface area contributed by atoms with Crippen LogP contribution in [0.1, 0.15) is 6.92 Å². The van der Waals surface area contributed by atoms with Gasteiger partial charge in [-0.2, -0.15) is 0 Å². The lowest BCUT2D eigenvalue weighted by Crippen LogP contribution is -2.31. The molecule has 0 amide bonds. The third-order valence-corrected chi connectivity index (χ3v) is 5.31. The molecule has 1 saturated carbocycles. The maximum atomic E-state index is 5.99. The molecule has 2 aromatic rings. The first-order chi connectivity index (χ1) is 12.7. The van der Waals surface area contributed by atoms with E-state index in [1.54, 1.807) is 6.07 Å². The van der Waals surface area contributed by atoms with Crippen LogP contribution in [-0.2, 0) is 0 Å². The van der Waals surface area contributed by atoms with Gasteiger partial charge in [-0.25, -0.2) is 4.98 Å². The molecule has 1 aromatic carbocycles. The van der Waals surface area contributed by atoms with E-state index in [1.807, 2.05) is 37.3 Å². The first-order valence-electron chi connectivity index (χ1n) is 9.26. The van der Waals surface area contributed by atoms with Gasteiger partial charge in [0.05, 0.1) is 12.3 Å². The van der Waals surface area contributed by atoms with Crippen LogP contribution in [0, 0.1) is 11.8 Å². The number of piperidine rings is 1. The van der Waals surface area contributed by atoms with Crippen molar-refractivity contribution in [3.63, 3.8) is 0 Å². The fourth-order valence-corrected chi connectivity index (χ4v) is 3.82. The number of nitrogen functional groups attached to an aromatic ring is 1. The van der Waals surface area contributed by atoms with Crippen molar-refractivity contribution in [1.82, 2.24) is 9.88 Å². The number of nitrogens with zero attached hydrogens (tertiary/aromatic N) is 2. The predicted molar refractivity (Wildman–Crippen MR) is 102 cm³/mol. The second-order valence-electron chi connectivity index (χ2n) is 7.05. The third kappa shape index (κ3) is 3.48. The van der Waals surface area contributed by atoms with Gasteiger partial charge in [-0.05, 0) is 43.0 Å². The SMILES string of the molecule is CCOc1cc(OCCN2CC3C(N)C3C2)ccc1-c1cccc(N)n1.